The van der Waals surface area contributed by atoms with Gasteiger partial charge in [0, 0.05) is 6.54 Å². The fourth-order valence-electron chi connectivity index (χ4n) is 0.842. The van der Waals surface area contributed by atoms with E-state index >= 15 is 0 Å². The van der Waals surface area contributed by atoms with E-state index in [0.717, 1.165) is 0 Å². The van der Waals surface area contributed by atoms with Gasteiger partial charge in [0.25, 0.3) is 0 Å². The molecule has 0 unspecified atom stereocenters. The maximum atomic E-state index is 12.7. The molecule has 0 aliphatic carbocycles. The number of allylic oxidation sites excluding steroid dienone is 1. The smallest absolute Gasteiger partial charge is 0.218 e. The van der Waals surface area contributed by atoms with E-state index in [2.05, 4.69) is 20.9 Å². The molecule has 0 aromatic carbocycles. The van der Waals surface area contributed by atoms with Crippen molar-refractivity contribution in [3.05, 3.63) is 11.6 Å². The molecular formula is C7H7BrFNO. The van der Waals surface area contributed by atoms with Crippen LogP contribution in [0, 0.1) is 0 Å². The molecule has 1 heterocycles. The Kier molecular flexibility index (Phi) is 2.93. The number of rotatable bonds is 2. The number of ketones is 1. The molecule has 0 spiro atoms. The molecule has 60 valence electrons. The Labute approximate surface area is 72.3 Å². The van der Waals surface area contributed by atoms with Crippen LogP contribution in [0.2, 0.25) is 0 Å². The number of carbonyl (C=O) groups excluding carboxylic acids is 1. The number of hydrogen-bond acceptors (Lipinski definition) is 2. The Morgan fingerprint density at radius 2 is 2.55 bits per heavy atom. The molecule has 0 saturated heterocycles. The fourth-order valence-corrected chi connectivity index (χ4v) is 1.14. The summed E-state index contributed by atoms with van der Waals surface area (Å²) in [7, 11) is 0. The third-order valence-corrected chi connectivity index (χ3v) is 1.88. The molecule has 0 atom stereocenters. The molecular weight excluding hydrogens is 213 g/mol. The maximum absolute atomic E-state index is 12.7. The predicted molar refractivity (Wildman–Crippen MR) is 44.9 cm³/mol. The number of nitrogens with zero attached hydrogens (tertiary/aromatic N) is 1. The molecule has 11 heavy (non-hydrogen) atoms. The summed E-state index contributed by atoms with van der Waals surface area (Å²) in [5.41, 5.74) is 0.119. The van der Waals surface area contributed by atoms with Crippen LogP contribution in [0.15, 0.2) is 16.6 Å². The minimum Gasteiger partial charge on any atom is -0.293 e. The van der Waals surface area contributed by atoms with Crippen molar-refractivity contribution in [2.24, 2.45) is 4.99 Å². The number of Topliss-reactive ketones (excluding diaryl/α,β-unsaturated/α-hetero) is 1. The van der Waals surface area contributed by atoms with Crippen LogP contribution in [0.1, 0.15) is 6.42 Å². The first-order valence-corrected chi connectivity index (χ1v) is 4.37. The zero-order valence-corrected chi connectivity index (χ0v) is 7.40. The van der Waals surface area contributed by atoms with Crippen LogP contribution in [-0.2, 0) is 4.79 Å². The van der Waals surface area contributed by atoms with Gasteiger partial charge < -0.3 is 0 Å². The lowest BCUT2D eigenvalue weighted by Gasteiger charge is -2.05. The highest BCUT2D eigenvalue weighted by Gasteiger charge is 2.16. The Morgan fingerprint density at radius 1 is 1.82 bits per heavy atom. The monoisotopic (exact) mass is 219 g/mol. The Morgan fingerprint density at radius 3 is 3.09 bits per heavy atom. The van der Waals surface area contributed by atoms with Gasteiger partial charge in [0.1, 0.15) is 0 Å². The Hall–Kier alpha value is -0.510. The zero-order valence-electron chi connectivity index (χ0n) is 5.81. The van der Waals surface area contributed by atoms with Crippen LogP contribution in [-0.4, -0.2) is 23.6 Å². The van der Waals surface area contributed by atoms with Gasteiger partial charge in [-0.15, -0.1) is 0 Å². The molecule has 1 rings (SSSR count). The lowest BCUT2D eigenvalue weighted by Crippen LogP contribution is -2.13. The highest BCUT2D eigenvalue weighted by Crippen LogP contribution is 2.10. The first-order valence-electron chi connectivity index (χ1n) is 3.25. The van der Waals surface area contributed by atoms with Gasteiger partial charge in [-0.2, -0.15) is 4.39 Å². The number of dihydropyridines is 1. The lowest BCUT2D eigenvalue weighted by atomic mass is 10.1. The van der Waals surface area contributed by atoms with Gasteiger partial charge in [0.2, 0.25) is 5.97 Å². The number of carbonyl (C=O) groups is 1. The van der Waals surface area contributed by atoms with Crippen LogP contribution in [0.5, 0.6) is 0 Å². The number of halogens is 2. The number of alkyl halides is 1. The second-order valence-corrected chi connectivity index (χ2v) is 2.70. The van der Waals surface area contributed by atoms with Gasteiger partial charge in [-0.1, -0.05) is 22.0 Å². The SMILES string of the molecule is O=C(CBr)C1=CCCN=C1F. The second-order valence-electron chi connectivity index (χ2n) is 2.14. The van der Waals surface area contributed by atoms with Crippen molar-refractivity contribution in [2.45, 2.75) is 6.42 Å². The molecule has 0 N–H and O–H groups in total. The molecule has 1 aliphatic rings. The molecule has 2 nitrogen and oxygen atoms in total. The van der Waals surface area contributed by atoms with E-state index in [-0.39, 0.29) is 16.7 Å². The molecule has 1 aliphatic heterocycles. The van der Waals surface area contributed by atoms with Crippen molar-refractivity contribution in [1.29, 1.82) is 0 Å². The molecule has 4 heteroatoms. The highest BCUT2D eigenvalue weighted by molar-refractivity contribution is 9.09. The van der Waals surface area contributed by atoms with Crippen molar-refractivity contribution >= 4 is 27.7 Å². The molecule has 0 saturated carbocycles. The van der Waals surface area contributed by atoms with E-state index in [9.17, 15) is 9.18 Å². The Balaban J connectivity index is 2.78. The van der Waals surface area contributed by atoms with Crippen molar-refractivity contribution in [3.63, 3.8) is 0 Å². The molecule has 0 radical (unpaired) electrons. The maximum Gasteiger partial charge on any atom is 0.218 e. The van der Waals surface area contributed by atoms with Crippen LogP contribution < -0.4 is 0 Å². The van der Waals surface area contributed by atoms with Crippen LogP contribution in [0.4, 0.5) is 4.39 Å². The average molecular weight is 220 g/mol. The van der Waals surface area contributed by atoms with E-state index in [1.807, 2.05) is 0 Å². The normalized spacial score (nSPS) is 17.3. The molecule has 0 aromatic heterocycles. The standard InChI is InChI=1S/C7H7BrFNO/c8-4-6(11)5-2-1-3-10-7(5)9/h2H,1,3-4H2. The van der Waals surface area contributed by atoms with Crippen molar-refractivity contribution < 1.29 is 9.18 Å². The second kappa shape index (κ2) is 3.76. The lowest BCUT2D eigenvalue weighted by molar-refractivity contribution is -0.112. The fraction of sp³-hybridized carbons (Fsp3) is 0.429. The summed E-state index contributed by atoms with van der Waals surface area (Å²) in [6.07, 6.45) is 2.24. The van der Waals surface area contributed by atoms with Crippen molar-refractivity contribution in [2.75, 3.05) is 11.9 Å². The molecule has 0 bridgehead atoms. The summed E-state index contributed by atoms with van der Waals surface area (Å²) in [6, 6.07) is 0. The van der Waals surface area contributed by atoms with E-state index < -0.39 is 5.97 Å². The van der Waals surface area contributed by atoms with E-state index in [1.165, 1.54) is 0 Å². The van der Waals surface area contributed by atoms with Crippen LogP contribution in [0.3, 0.4) is 0 Å². The van der Waals surface area contributed by atoms with Gasteiger partial charge in [0.05, 0.1) is 10.9 Å². The summed E-state index contributed by atoms with van der Waals surface area (Å²) in [5.74, 6) is -0.869. The summed E-state index contributed by atoms with van der Waals surface area (Å²) < 4.78 is 12.7. The van der Waals surface area contributed by atoms with Gasteiger partial charge >= 0.3 is 0 Å². The minimum absolute atomic E-state index is 0.119. The van der Waals surface area contributed by atoms with Crippen molar-refractivity contribution in [1.82, 2.24) is 0 Å². The molecule has 0 aromatic rings. The summed E-state index contributed by atoms with van der Waals surface area (Å²) in [5, 5.41) is 0.155. The van der Waals surface area contributed by atoms with Crippen LogP contribution >= 0.6 is 15.9 Å². The predicted octanol–water partition coefficient (Wildman–Crippen LogP) is 1.65. The zero-order chi connectivity index (χ0) is 8.27. The third kappa shape index (κ3) is 1.96. The molecule has 0 amide bonds. The van der Waals surface area contributed by atoms with Gasteiger partial charge in [-0.25, -0.2) is 0 Å². The van der Waals surface area contributed by atoms with Gasteiger partial charge in [-0.05, 0) is 6.42 Å². The average Bonchev–Trinajstić information content (AvgIpc) is 2.04. The van der Waals surface area contributed by atoms with Gasteiger partial charge in [-0.3, -0.25) is 9.79 Å². The van der Waals surface area contributed by atoms with Crippen LogP contribution in [0.25, 0.3) is 0 Å². The minimum atomic E-state index is -0.624. The van der Waals surface area contributed by atoms with Gasteiger partial charge in [0.15, 0.2) is 5.78 Å². The Bertz CT molecular complexity index is 235. The van der Waals surface area contributed by atoms with E-state index in [1.54, 1.807) is 6.08 Å². The van der Waals surface area contributed by atoms with Crippen molar-refractivity contribution in [3.8, 4) is 0 Å². The topological polar surface area (TPSA) is 29.4 Å². The number of hydrogen-bond donors (Lipinski definition) is 0. The number of aliphatic imine (C=N–C) groups is 1. The third-order valence-electron chi connectivity index (χ3n) is 1.37. The quantitative estimate of drug-likeness (QED) is 0.650. The van der Waals surface area contributed by atoms with E-state index in [0.29, 0.717) is 13.0 Å². The molecule has 0 fully saturated rings. The highest BCUT2D eigenvalue weighted by atomic mass is 79.9. The first kappa shape index (κ1) is 8.59. The summed E-state index contributed by atoms with van der Waals surface area (Å²) in [6.45, 7) is 0.449. The summed E-state index contributed by atoms with van der Waals surface area (Å²) >= 11 is 2.97. The van der Waals surface area contributed by atoms with E-state index in [4.69, 9.17) is 0 Å². The first-order chi connectivity index (χ1) is 5.25. The summed E-state index contributed by atoms with van der Waals surface area (Å²) in [4.78, 5) is 14.5. The largest absolute Gasteiger partial charge is 0.293 e.